The quantitative estimate of drug-likeness (QED) is 0.302. The van der Waals surface area contributed by atoms with Crippen LogP contribution in [-0.2, 0) is 26.2 Å². The molecule has 42 heavy (non-hydrogen) atoms. The standard InChI is InChI=1S/C33H41N3O5S/c1-4-31(33(38)34-27-11-7-5-8-12-27)35(23-26-17-15-25(2)16-18-26)32(37)24-36(28-19-21-29(41-3)22-20-28)42(39,40)30-13-9-6-10-14-30/h6,9-10,13-22,27,31H,4-5,7-8,11-12,23-24H2,1-3H3,(H,34,38)/t31-/m1/s1. The zero-order valence-electron chi connectivity index (χ0n) is 24.7. The predicted octanol–water partition coefficient (Wildman–Crippen LogP) is 5.46. The van der Waals surface area contributed by atoms with Crippen molar-refractivity contribution in [3.63, 3.8) is 0 Å². The molecular formula is C33H41N3O5S. The van der Waals surface area contributed by atoms with Crippen LogP contribution in [0.15, 0.2) is 83.8 Å². The summed E-state index contributed by atoms with van der Waals surface area (Å²) in [6.45, 7) is 3.57. The van der Waals surface area contributed by atoms with E-state index in [4.69, 9.17) is 4.74 Å². The second-order valence-corrected chi connectivity index (χ2v) is 12.7. The van der Waals surface area contributed by atoms with Gasteiger partial charge >= 0.3 is 0 Å². The number of methoxy groups -OCH3 is 1. The third-order valence-electron chi connectivity index (χ3n) is 7.78. The summed E-state index contributed by atoms with van der Waals surface area (Å²) < 4.78 is 34.2. The van der Waals surface area contributed by atoms with Crippen molar-refractivity contribution in [1.82, 2.24) is 10.2 Å². The lowest BCUT2D eigenvalue weighted by Gasteiger charge is -2.34. The van der Waals surface area contributed by atoms with Gasteiger partial charge in [0, 0.05) is 12.6 Å². The van der Waals surface area contributed by atoms with E-state index in [1.807, 2.05) is 38.1 Å². The Balaban J connectivity index is 1.69. The van der Waals surface area contributed by atoms with Crippen LogP contribution in [-0.4, -0.2) is 50.9 Å². The fraction of sp³-hybridized carbons (Fsp3) is 0.394. The van der Waals surface area contributed by atoms with Crippen LogP contribution in [0.3, 0.4) is 0 Å². The molecule has 9 heteroatoms. The van der Waals surface area contributed by atoms with Crippen molar-refractivity contribution in [3.05, 3.63) is 90.0 Å². The Morgan fingerprint density at radius 3 is 2.17 bits per heavy atom. The van der Waals surface area contributed by atoms with Crippen LogP contribution in [0.4, 0.5) is 5.69 Å². The van der Waals surface area contributed by atoms with Crippen LogP contribution in [0.25, 0.3) is 0 Å². The van der Waals surface area contributed by atoms with Gasteiger partial charge in [-0.1, -0.05) is 74.2 Å². The smallest absolute Gasteiger partial charge is 0.264 e. The van der Waals surface area contributed by atoms with Crippen LogP contribution in [0.2, 0.25) is 0 Å². The minimum absolute atomic E-state index is 0.0702. The highest BCUT2D eigenvalue weighted by atomic mass is 32.2. The van der Waals surface area contributed by atoms with E-state index in [0.29, 0.717) is 17.9 Å². The van der Waals surface area contributed by atoms with E-state index in [1.165, 1.54) is 30.6 Å². The topological polar surface area (TPSA) is 96.0 Å². The van der Waals surface area contributed by atoms with Crippen molar-refractivity contribution < 1.29 is 22.7 Å². The number of ether oxygens (including phenoxy) is 1. The first-order valence-corrected chi connectivity index (χ1v) is 16.0. The van der Waals surface area contributed by atoms with Crippen LogP contribution < -0.4 is 14.4 Å². The van der Waals surface area contributed by atoms with Crippen molar-refractivity contribution >= 4 is 27.5 Å². The minimum atomic E-state index is -4.11. The Bertz CT molecular complexity index is 1420. The zero-order chi connectivity index (χ0) is 30.1. The highest BCUT2D eigenvalue weighted by Gasteiger charge is 2.34. The van der Waals surface area contributed by atoms with Crippen molar-refractivity contribution in [2.45, 2.75) is 75.9 Å². The lowest BCUT2D eigenvalue weighted by Crippen LogP contribution is -2.54. The van der Waals surface area contributed by atoms with Gasteiger partial charge in [0.2, 0.25) is 11.8 Å². The SMILES string of the molecule is CC[C@H](C(=O)NC1CCCCC1)N(Cc1ccc(C)cc1)C(=O)CN(c1ccc(OC)cc1)S(=O)(=O)c1ccccc1. The van der Waals surface area contributed by atoms with Gasteiger partial charge in [0.15, 0.2) is 0 Å². The van der Waals surface area contributed by atoms with Crippen LogP contribution >= 0.6 is 0 Å². The highest BCUT2D eigenvalue weighted by molar-refractivity contribution is 7.92. The van der Waals surface area contributed by atoms with E-state index in [0.717, 1.165) is 41.1 Å². The third kappa shape index (κ3) is 7.70. The van der Waals surface area contributed by atoms with Gasteiger partial charge in [-0.2, -0.15) is 0 Å². The number of rotatable bonds is 12. The number of nitrogens with one attached hydrogen (secondary N) is 1. The highest BCUT2D eigenvalue weighted by Crippen LogP contribution is 2.27. The second-order valence-electron chi connectivity index (χ2n) is 10.8. The lowest BCUT2D eigenvalue weighted by atomic mass is 9.95. The number of benzene rings is 3. The average Bonchev–Trinajstić information content (AvgIpc) is 3.01. The van der Waals surface area contributed by atoms with Gasteiger partial charge < -0.3 is 15.0 Å². The lowest BCUT2D eigenvalue weighted by molar-refractivity contribution is -0.140. The Morgan fingerprint density at radius 1 is 0.929 bits per heavy atom. The Kier molecular flexibility index (Phi) is 10.6. The van der Waals surface area contributed by atoms with E-state index in [-0.39, 0.29) is 23.4 Å². The molecule has 0 bridgehead atoms. The molecule has 0 radical (unpaired) electrons. The Hall–Kier alpha value is -3.85. The number of nitrogens with zero attached hydrogens (tertiary/aromatic N) is 2. The number of aryl methyl sites for hydroxylation is 1. The van der Waals surface area contributed by atoms with Gasteiger partial charge in [-0.25, -0.2) is 8.42 Å². The normalized spacial score (nSPS) is 14.5. The first kappa shape index (κ1) is 31.1. The van der Waals surface area contributed by atoms with E-state index in [2.05, 4.69) is 5.32 Å². The Labute approximate surface area is 249 Å². The van der Waals surface area contributed by atoms with E-state index in [1.54, 1.807) is 42.5 Å². The van der Waals surface area contributed by atoms with Gasteiger partial charge in [0.1, 0.15) is 18.3 Å². The molecule has 0 aliphatic heterocycles. The molecule has 3 aromatic rings. The monoisotopic (exact) mass is 591 g/mol. The molecule has 1 fully saturated rings. The number of anilines is 1. The largest absolute Gasteiger partial charge is 0.497 e. The molecule has 1 atom stereocenters. The molecule has 2 amide bonds. The third-order valence-corrected chi connectivity index (χ3v) is 9.57. The predicted molar refractivity (Wildman–Crippen MR) is 165 cm³/mol. The van der Waals surface area contributed by atoms with Gasteiger partial charge in [-0.05, 0) is 68.1 Å². The summed E-state index contributed by atoms with van der Waals surface area (Å²) in [5, 5.41) is 3.18. The molecule has 0 aromatic heterocycles. The zero-order valence-corrected chi connectivity index (χ0v) is 25.5. The summed E-state index contributed by atoms with van der Waals surface area (Å²) in [6.07, 6.45) is 5.55. The summed E-state index contributed by atoms with van der Waals surface area (Å²) in [7, 11) is -2.58. The first-order chi connectivity index (χ1) is 20.2. The summed E-state index contributed by atoms with van der Waals surface area (Å²) in [6, 6.07) is 21.7. The number of carbonyl (C=O) groups is 2. The molecule has 4 rings (SSSR count). The molecule has 224 valence electrons. The number of hydrogen-bond acceptors (Lipinski definition) is 5. The molecule has 8 nitrogen and oxygen atoms in total. The average molecular weight is 592 g/mol. The number of carbonyl (C=O) groups excluding carboxylic acids is 2. The molecule has 0 heterocycles. The van der Waals surface area contributed by atoms with Gasteiger partial charge in [-0.15, -0.1) is 0 Å². The second kappa shape index (κ2) is 14.4. The van der Waals surface area contributed by atoms with Crippen LogP contribution in [0.5, 0.6) is 5.75 Å². The Morgan fingerprint density at radius 2 is 1.57 bits per heavy atom. The molecule has 1 aliphatic rings. The molecule has 1 aliphatic carbocycles. The molecule has 0 saturated heterocycles. The minimum Gasteiger partial charge on any atom is -0.497 e. The molecule has 1 N–H and O–H groups in total. The van der Waals surface area contributed by atoms with E-state index < -0.39 is 28.5 Å². The van der Waals surface area contributed by atoms with Gasteiger partial charge in [-0.3, -0.25) is 13.9 Å². The maximum absolute atomic E-state index is 14.2. The molecule has 3 aromatic carbocycles. The first-order valence-electron chi connectivity index (χ1n) is 14.6. The fourth-order valence-corrected chi connectivity index (χ4v) is 6.79. The summed E-state index contributed by atoms with van der Waals surface area (Å²) in [4.78, 5) is 29.4. The van der Waals surface area contributed by atoms with Gasteiger partial charge in [0.05, 0.1) is 17.7 Å². The van der Waals surface area contributed by atoms with E-state index in [9.17, 15) is 18.0 Å². The maximum Gasteiger partial charge on any atom is 0.264 e. The summed E-state index contributed by atoms with van der Waals surface area (Å²) >= 11 is 0. The molecule has 0 spiro atoms. The summed E-state index contributed by atoms with van der Waals surface area (Å²) in [5.74, 6) is -0.100. The molecule has 1 saturated carbocycles. The molecular weight excluding hydrogens is 550 g/mol. The van der Waals surface area contributed by atoms with Crippen molar-refractivity contribution in [2.75, 3.05) is 18.0 Å². The van der Waals surface area contributed by atoms with Crippen LogP contribution in [0.1, 0.15) is 56.6 Å². The van der Waals surface area contributed by atoms with E-state index >= 15 is 0 Å². The van der Waals surface area contributed by atoms with Crippen molar-refractivity contribution in [3.8, 4) is 5.75 Å². The number of hydrogen-bond donors (Lipinski definition) is 1. The van der Waals surface area contributed by atoms with Crippen molar-refractivity contribution in [2.24, 2.45) is 0 Å². The fourth-order valence-electron chi connectivity index (χ4n) is 5.35. The van der Waals surface area contributed by atoms with Crippen LogP contribution in [0, 0.1) is 6.92 Å². The number of amides is 2. The number of sulfonamides is 1. The molecule has 0 unspecified atom stereocenters. The van der Waals surface area contributed by atoms with Gasteiger partial charge in [0.25, 0.3) is 10.0 Å². The maximum atomic E-state index is 14.2. The van der Waals surface area contributed by atoms with Crippen molar-refractivity contribution in [1.29, 1.82) is 0 Å². The summed E-state index contributed by atoms with van der Waals surface area (Å²) in [5.41, 5.74) is 2.26.